The van der Waals surface area contributed by atoms with Crippen LogP contribution in [0.3, 0.4) is 0 Å². The molecule has 0 aliphatic carbocycles. The molecule has 0 spiro atoms. The molecular weight excluding hydrogens is 244 g/mol. The topological polar surface area (TPSA) is 45.2 Å². The van der Waals surface area contributed by atoms with Crippen molar-refractivity contribution in [1.29, 1.82) is 0 Å². The molecule has 0 saturated carbocycles. The molecule has 19 heavy (non-hydrogen) atoms. The molecule has 2 unspecified atom stereocenters. The molecule has 0 aromatic rings. The van der Waals surface area contributed by atoms with Gasteiger partial charge in [-0.2, -0.15) is 0 Å². The van der Waals surface area contributed by atoms with Crippen LogP contribution in [0.15, 0.2) is 0 Å². The third-order valence-corrected chi connectivity index (χ3v) is 4.12. The molecule has 0 aromatic carbocycles. The maximum Gasteiger partial charge on any atom is 0.0900 e. The van der Waals surface area contributed by atoms with Crippen LogP contribution >= 0.6 is 0 Å². The number of methoxy groups -OCH3 is 1. The zero-order valence-corrected chi connectivity index (χ0v) is 12.1. The Labute approximate surface area is 116 Å². The van der Waals surface area contributed by atoms with Gasteiger partial charge >= 0.3 is 0 Å². The van der Waals surface area contributed by atoms with Crippen molar-refractivity contribution < 1.29 is 14.6 Å². The van der Waals surface area contributed by atoms with Crippen LogP contribution in [-0.4, -0.2) is 86.7 Å². The second kappa shape index (κ2) is 8.17. The number of aliphatic hydroxyl groups excluding tert-OH is 1. The molecule has 0 amide bonds. The van der Waals surface area contributed by atoms with Gasteiger partial charge in [0.05, 0.1) is 25.9 Å². The summed E-state index contributed by atoms with van der Waals surface area (Å²) in [7, 11) is 1.66. The van der Waals surface area contributed by atoms with Crippen molar-refractivity contribution in [2.75, 3.05) is 59.7 Å². The first-order valence-corrected chi connectivity index (χ1v) is 7.50. The Morgan fingerprint density at radius 2 is 2.00 bits per heavy atom. The summed E-state index contributed by atoms with van der Waals surface area (Å²) < 4.78 is 10.3. The van der Waals surface area contributed by atoms with Crippen molar-refractivity contribution in [3.05, 3.63) is 0 Å². The molecule has 2 aliphatic heterocycles. The van der Waals surface area contributed by atoms with Gasteiger partial charge in [-0.05, 0) is 38.9 Å². The van der Waals surface area contributed by atoms with Crippen LogP contribution in [0.4, 0.5) is 0 Å². The van der Waals surface area contributed by atoms with Crippen molar-refractivity contribution in [2.24, 2.45) is 0 Å². The number of nitrogens with zero attached hydrogens (tertiary/aromatic N) is 2. The lowest BCUT2D eigenvalue weighted by atomic mass is 10.2. The third-order valence-electron chi connectivity index (χ3n) is 4.12. The summed E-state index contributed by atoms with van der Waals surface area (Å²) in [5.74, 6) is 0. The molecule has 5 nitrogen and oxygen atoms in total. The maximum atomic E-state index is 9.94. The fraction of sp³-hybridized carbons (Fsp3) is 1.00. The fourth-order valence-corrected chi connectivity index (χ4v) is 3.10. The van der Waals surface area contributed by atoms with Crippen LogP contribution in [0.2, 0.25) is 0 Å². The molecule has 0 bridgehead atoms. The Morgan fingerprint density at radius 3 is 2.74 bits per heavy atom. The van der Waals surface area contributed by atoms with Gasteiger partial charge in [0.15, 0.2) is 0 Å². The molecular formula is C14H28N2O3. The molecule has 2 rings (SSSR count). The van der Waals surface area contributed by atoms with Gasteiger partial charge < -0.3 is 14.6 Å². The van der Waals surface area contributed by atoms with E-state index in [1.807, 2.05) is 0 Å². The van der Waals surface area contributed by atoms with E-state index in [4.69, 9.17) is 9.47 Å². The number of hydrogen-bond acceptors (Lipinski definition) is 5. The van der Waals surface area contributed by atoms with Crippen LogP contribution in [0.1, 0.15) is 19.3 Å². The summed E-state index contributed by atoms with van der Waals surface area (Å²) in [4.78, 5) is 4.98. The summed E-state index contributed by atoms with van der Waals surface area (Å²) in [5.41, 5.74) is 0. The predicted octanol–water partition coefficient (Wildman–Crippen LogP) is 0.180. The minimum atomic E-state index is -0.380. The van der Waals surface area contributed by atoms with Crippen LogP contribution in [0.25, 0.3) is 0 Å². The first-order valence-electron chi connectivity index (χ1n) is 7.50. The quantitative estimate of drug-likeness (QED) is 0.639. The highest BCUT2D eigenvalue weighted by Crippen LogP contribution is 2.20. The average molecular weight is 272 g/mol. The molecule has 0 radical (unpaired) electrons. The van der Waals surface area contributed by atoms with Crippen molar-refractivity contribution in [1.82, 2.24) is 9.80 Å². The van der Waals surface area contributed by atoms with E-state index in [1.54, 1.807) is 7.11 Å². The lowest BCUT2D eigenvalue weighted by molar-refractivity contribution is 0.00149. The van der Waals surface area contributed by atoms with E-state index in [2.05, 4.69) is 9.80 Å². The number of ether oxygens (including phenoxy) is 2. The normalized spacial score (nSPS) is 27.2. The van der Waals surface area contributed by atoms with Gasteiger partial charge in [0.1, 0.15) is 0 Å². The average Bonchev–Trinajstić information content (AvgIpc) is 3.04. The lowest BCUT2D eigenvalue weighted by Gasteiger charge is -2.24. The summed E-state index contributed by atoms with van der Waals surface area (Å²) in [6.45, 7) is 7.04. The molecule has 2 atom stereocenters. The van der Waals surface area contributed by atoms with Crippen molar-refractivity contribution in [3.8, 4) is 0 Å². The highest BCUT2D eigenvalue weighted by molar-refractivity contribution is 4.86. The molecule has 2 aliphatic rings. The van der Waals surface area contributed by atoms with Gasteiger partial charge in [0.2, 0.25) is 0 Å². The van der Waals surface area contributed by atoms with Crippen molar-refractivity contribution in [2.45, 2.75) is 31.4 Å². The SMILES string of the molecule is COCCOCC(O)CN1CCC(N2CCCC2)C1. The summed E-state index contributed by atoms with van der Waals surface area (Å²) in [6, 6.07) is 0.712. The smallest absolute Gasteiger partial charge is 0.0900 e. The molecule has 112 valence electrons. The van der Waals surface area contributed by atoms with Crippen molar-refractivity contribution in [3.63, 3.8) is 0 Å². The van der Waals surface area contributed by atoms with E-state index in [0.29, 0.717) is 25.9 Å². The van der Waals surface area contributed by atoms with Gasteiger partial charge in [0.25, 0.3) is 0 Å². The van der Waals surface area contributed by atoms with Crippen LogP contribution in [-0.2, 0) is 9.47 Å². The van der Waals surface area contributed by atoms with E-state index in [0.717, 1.165) is 19.6 Å². The van der Waals surface area contributed by atoms with Crippen LogP contribution < -0.4 is 0 Å². The van der Waals surface area contributed by atoms with E-state index >= 15 is 0 Å². The first kappa shape index (κ1) is 15.2. The van der Waals surface area contributed by atoms with Gasteiger partial charge in [-0.3, -0.25) is 9.80 Å². The second-order valence-electron chi connectivity index (χ2n) is 5.67. The number of likely N-dealkylation sites (tertiary alicyclic amines) is 2. The maximum absolute atomic E-state index is 9.94. The predicted molar refractivity (Wildman–Crippen MR) is 74.4 cm³/mol. The Balaban J connectivity index is 1.58. The third kappa shape index (κ3) is 5.00. The Morgan fingerprint density at radius 1 is 1.21 bits per heavy atom. The molecule has 2 fully saturated rings. The molecule has 0 aromatic heterocycles. The molecule has 1 N–H and O–H groups in total. The number of β-amino-alcohol motifs (C(OH)–C–C–N with tert-alkyl or cyclic N) is 1. The highest BCUT2D eigenvalue weighted by Gasteiger charge is 2.29. The number of hydrogen-bond donors (Lipinski definition) is 1. The Kier molecular flexibility index (Phi) is 6.53. The summed E-state index contributed by atoms with van der Waals surface area (Å²) in [6.07, 6.45) is 3.57. The molecule has 2 saturated heterocycles. The zero-order chi connectivity index (χ0) is 13.5. The fourth-order valence-electron chi connectivity index (χ4n) is 3.10. The van der Waals surface area contributed by atoms with Gasteiger partial charge in [-0.15, -0.1) is 0 Å². The van der Waals surface area contributed by atoms with Gasteiger partial charge in [0, 0.05) is 26.2 Å². The first-order chi connectivity index (χ1) is 9.29. The second-order valence-corrected chi connectivity index (χ2v) is 5.67. The van der Waals surface area contributed by atoms with Crippen LogP contribution in [0.5, 0.6) is 0 Å². The zero-order valence-electron chi connectivity index (χ0n) is 12.1. The van der Waals surface area contributed by atoms with Crippen molar-refractivity contribution >= 4 is 0 Å². The molecule has 5 heteroatoms. The number of rotatable bonds is 8. The Hall–Kier alpha value is -0.200. The minimum Gasteiger partial charge on any atom is -0.389 e. The summed E-state index contributed by atoms with van der Waals surface area (Å²) >= 11 is 0. The largest absolute Gasteiger partial charge is 0.389 e. The standard InChI is InChI=1S/C14H28N2O3/c1-18-8-9-19-12-14(17)11-15-7-4-13(10-15)16-5-2-3-6-16/h13-14,17H,2-12H2,1H3. The number of aliphatic hydroxyl groups is 1. The van der Waals surface area contributed by atoms with E-state index in [9.17, 15) is 5.11 Å². The highest BCUT2D eigenvalue weighted by atomic mass is 16.5. The van der Waals surface area contributed by atoms with E-state index in [-0.39, 0.29) is 6.10 Å². The van der Waals surface area contributed by atoms with E-state index < -0.39 is 0 Å². The monoisotopic (exact) mass is 272 g/mol. The van der Waals surface area contributed by atoms with Crippen LogP contribution in [0, 0.1) is 0 Å². The van der Waals surface area contributed by atoms with Gasteiger partial charge in [-0.1, -0.05) is 0 Å². The summed E-state index contributed by atoms with van der Waals surface area (Å²) in [5, 5.41) is 9.94. The molecule has 2 heterocycles. The van der Waals surface area contributed by atoms with E-state index in [1.165, 1.54) is 32.4 Å². The Bertz CT molecular complexity index is 247. The lowest BCUT2D eigenvalue weighted by Crippen LogP contribution is -2.38. The minimum absolute atomic E-state index is 0.380. The van der Waals surface area contributed by atoms with Gasteiger partial charge in [-0.25, -0.2) is 0 Å².